The van der Waals surface area contributed by atoms with Gasteiger partial charge in [-0.2, -0.15) is 0 Å². The fraction of sp³-hybridized carbons (Fsp3) is 0. The molecule has 0 spiro atoms. The van der Waals surface area contributed by atoms with Crippen molar-refractivity contribution >= 4 is 35.1 Å². The molecule has 0 saturated carbocycles. The Morgan fingerprint density at radius 1 is 0.585 bits per heavy atom. The van der Waals surface area contributed by atoms with Crippen molar-refractivity contribution < 1.29 is 34.1 Å². The van der Waals surface area contributed by atoms with Crippen LogP contribution in [0.1, 0.15) is 52.6 Å². The summed E-state index contributed by atoms with van der Waals surface area (Å²) in [6, 6.07) is 20.9. The Labute approximate surface area is 234 Å². The van der Waals surface area contributed by atoms with Crippen LogP contribution in [0.2, 0.25) is 0 Å². The van der Waals surface area contributed by atoms with E-state index in [-0.39, 0.29) is 22.3 Å². The number of nitrogens with one attached hydrogen (secondary N) is 2. The molecule has 0 unspecified atom stereocenters. The van der Waals surface area contributed by atoms with Gasteiger partial charge >= 0.3 is 11.9 Å². The van der Waals surface area contributed by atoms with Gasteiger partial charge in [-0.3, -0.25) is 9.59 Å². The van der Waals surface area contributed by atoms with Crippen molar-refractivity contribution in [2.45, 2.75) is 0 Å². The first-order chi connectivity index (χ1) is 19.7. The van der Waals surface area contributed by atoms with E-state index in [9.17, 15) is 29.4 Å². The molecule has 4 rings (SSSR count). The summed E-state index contributed by atoms with van der Waals surface area (Å²) < 4.78 is 5.84. The Balaban J connectivity index is 1.45. The molecular weight excluding hydrogens is 524 g/mol. The van der Waals surface area contributed by atoms with Crippen LogP contribution in [0.3, 0.4) is 0 Å². The Bertz CT molecular complexity index is 1780. The van der Waals surface area contributed by atoms with E-state index in [1.54, 1.807) is 48.5 Å². The SMILES string of the molecule is C#Cc1ccc(C(=O)Nc2ccc(Oc3cccc(NC(=O)c4cc(C#C)ccc4C(=O)O)c3)cc2)c(C(=O)O)c1. The zero-order chi connectivity index (χ0) is 29.5. The second kappa shape index (κ2) is 12.0. The Morgan fingerprint density at radius 3 is 1.76 bits per heavy atom. The topological polar surface area (TPSA) is 142 Å². The molecule has 4 aromatic carbocycles. The van der Waals surface area contributed by atoms with Gasteiger partial charge in [0.05, 0.1) is 22.3 Å². The lowest BCUT2D eigenvalue weighted by molar-refractivity contribution is 0.0683. The van der Waals surface area contributed by atoms with E-state index in [0.717, 1.165) is 0 Å². The molecule has 0 aliphatic heterocycles. The largest absolute Gasteiger partial charge is 0.478 e. The maximum absolute atomic E-state index is 12.8. The highest BCUT2D eigenvalue weighted by Gasteiger charge is 2.19. The number of carboxylic acids is 2. The van der Waals surface area contributed by atoms with Crippen molar-refractivity contribution in [3.8, 4) is 36.2 Å². The predicted molar refractivity (Wildman–Crippen MR) is 152 cm³/mol. The molecule has 0 aliphatic carbocycles. The molecule has 0 radical (unpaired) electrons. The van der Waals surface area contributed by atoms with Crippen LogP contribution in [0.4, 0.5) is 11.4 Å². The van der Waals surface area contributed by atoms with Crippen LogP contribution in [0, 0.1) is 24.7 Å². The van der Waals surface area contributed by atoms with Crippen LogP contribution in [-0.2, 0) is 0 Å². The Kier molecular flexibility index (Phi) is 8.13. The summed E-state index contributed by atoms with van der Waals surface area (Å²) >= 11 is 0. The lowest BCUT2D eigenvalue weighted by atomic mass is 10.0. The number of carboxylic acid groups (broad SMARTS) is 2. The van der Waals surface area contributed by atoms with E-state index >= 15 is 0 Å². The number of terminal acetylenes is 2. The van der Waals surface area contributed by atoms with Crippen LogP contribution >= 0.6 is 0 Å². The number of ether oxygens (including phenoxy) is 1. The van der Waals surface area contributed by atoms with Crippen LogP contribution in [0.25, 0.3) is 0 Å². The summed E-state index contributed by atoms with van der Waals surface area (Å²) in [5, 5.41) is 24.1. The molecular formula is C32H20N2O7. The van der Waals surface area contributed by atoms with Crippen molar-refractivity contribution in [3.05, 3.63) is 118 Å². The van der Waals surface area contributed by atoms with Gasteiger partial charge in [-0.1, -0.05) is 17.9 Å². The number of carbonyl (C=O) groups is 4. The van der Waals surface area contributed by atoms with E-state index < -0.39 is 23.8 Å². The molecule has 0 aromatic heterocycles. The fourth-order valence-corrected chi connectivity index (χ4v) is 3.79. The lowest BCUT2D eigenvalue weighted by Gasteiger charge is -2.12. The van der Waals surface area contributed by atoms with Gasteiger partial charge in [0, 0.05) is 28.6 Å². The highest BCUT2D eigenvalue weighted by atomic mass is 16.5. The molecule has 41 heavy (non-hydrogen) atoms. The summed E-state index contributed by atoms with van der Waals surface area (Å²) in [5.74, 6) is 1.67. The van der Waals surface area contributed by atoms with Crippen LogP contribution < -0.4 is 15.4 Å². The van der Waals surface area contributed by atoms with Crippen LogP contribution in [-0.4, -0.2) is 34.0 Å². The molecule has 0 atom stereocenters. The molecule has 0 bridgehead atoms. The highest BCUT2D eigenvalue weighted by molar-refractivity contribution is 6.11. The van der Waals surface area contributed by atoms with E-state index in [2.05, 4.69) is 22.5 Å². The molecule has 9 heteroatoms. The average Bonchev–Trinajstić information content (AvgIpc) is 2.97. The van der Waals surface area contributed by atoms with E-state index in [4.69, 9.17) is 17.6 Å². The molecule has 200 valence electrons. The van der Waals surface area contributed by atoms with Gasteiger partial charge < -0.3 is 25.6 Å². The van der Waals surface area contributed by atoms with Crippen molar-refractivity contribution in [2.75, 3.05) is 10.6 Å². The molecule has 0 saturated heterocycles. The van der Waals surface area contributed by atoms with Crippen molar-refractivity contribution in [3.63, 3.8) is 0 Å². The summed E-state index contributed by atoms with van der Waals surface area (Å²) in [7, 11) is 0. The average molecular weight is 545 g/mol. The normalized spacial score (nSPS) is 10.0. The van der Waals surface area contributed by atoms with E-state index in [1.165, 1.54) is 36.4 Å². The van der Waals surface area contributed by atoms with Crippen molar-refractivity contribution in [1.29, 1.82) is 0 Å². The molecule has 9 nitrogen and oxygen atoms in total. The van der Waals surface area contributed by atoms with E-state index in [1.807, 2.05) is 0 Å². The zero-order valence-corrected chi connectivity index (χ0v) is 21.2. The predicted octanol–water partition coefficient (Wildman–Crippen LogP) is 5.34. The second-order valence-corrected chi connectivity index (χ2v) is 8.48. The first-order valence-electron chi connectivity index (χ1n) is 11.9. The minimum atomic E-state index is -1.28. The van der Waals surface area contributed by atoms with Gasteiger partial charge in [0.25, 0.3) is 11.8 Å². The molecule has 0 heterocycles. The first kappa shape index (κ1) is 27.7. The molecule has 2 amide bonds. The van der Waals surface area contributed by atoms with Gasteiger partial charge in [-0.25, -0.2) is 9.59 Å². The highest BCUT2D eigenvalue weighted by Crippen LogP contribution is 2.26. The fourth-order valence-electron chi connectivity index (χ4n) is 3.79. The number of benzene rings is 4. The van der Waals surface area contributed by atoms with Gasteiger partial charge in [-0.15, -0.1) is 12.8 Å². The number of carbonyl (C=O) groups excluding carboxylic acids is 2. The van der Waals surface area contributed by atoms with Crippen molar-refractivity contribution in [1.82, 2.24) is 0 Å². The summed E-state index contributed by atoms with van der Waals surface area (Å²) in [6.07, 6.45) is 10.7. The minimum Gasteiger partial charge on any atom is -0.478 e. The summed E-state index contributed by atoms with van der Waals surface area (Å²) in [4.78, 5) is 48.7. The van der Waals surface area contributed by atoms with Gasteiger partial charge in [-0.05, 0) is 72.8 Å². The standard InChI is InChI=1S/C32H20N2O7/c1-3-19-9-15-26(31(37)38)27(16-19)30(36)34-22-6-5-7-24(18-22)41-23-12-10-21(11-13-23)33-29(35)25-14-8-20(4-2)17-28(25)32(39)40/h1-2,5-18H,(H,33,35)(H,34,36)(H,37,38)(H,39,40). The summed E-state index contributed by atoms with van der Waals surface area (Å²) in [5.41, 5.74) is 0.912. The third-order valence-electron chi connectivity index (χ3n) is 5.76. The maximum Gasteiger partial charge on any atom is 0.336 e. The van der Waals surface area contributed by atoms with Gasteiger partial charge in [0.15, 0.2) is 0 Å². The Morgan fingerprint density at radius 2 is 1.15 bits per heavy atom. The zero-order valence-electron chi connectivity index (χ0n) is 21.2. The van der Waals surface area contributed by atoms with Gasteiger partial charge in [0.2, 0.25) is 0 Å². The van der Waals surface area contributed by atoms with Gasteiger partial charge in [0.1, 0.15) is 11.5 Å². The molecule has 0 aliphatic rings. The first-order valence-corrected chi connectivity index (χ1v) is 11.9. The third kappa shape index (κ3) is 6.58. The number of rotatable bonds is 8. The monoisotopic (exact) mass is 544 g/mol. The smallest absolute Gasteiger partial charge is 0.336 e. The number of aromatic carboxylic acids is 2. The second-order valence-electron chi connectivity index (χ2n) is 8.48. The van der Waals surface area contributed by atoms with E-state index in [0.29, 0.717) is 34.0 Å². The number of hydrogen-bond acceptors (Lipinski definition) is 5. The Hall–Kier alpha value is -6.32. The molecule has 4 N–H and O–H groups in total. The molecule has 0 fully saturated rings. The number of anilines is 2. The maximum atomic E-state index is 12.8. The molecule has 4 aromatic rings. The lowest BCUT2D eigenvalue weighted by Crippen LogP contribution is -2.16. The quantitative estimate of drug-likeness (QED) is 0.219. The van der Waals surface area contributed by atoms with Crippen molar-refractivity contribution in [2.24, 2.45) is 0 Å². The number of hydrogen-bond donors (Lipinski definition) is 4. The van der Waals surface area contributed by atoms with Crippen LogP contribution in [0.5, 0.6) is 11.5 Å². The van der Waals surface area contributed by atoms with Crippen LogP contribution in [0.15, 0.2) is 84.9 Å². The number of amides is 2. The minimum absolute atomic E-state index is 0.0443. The summed E-state index contributed by atoms with van der Waals surface area (Å²) in [6.45, 7) is 0. The third-order valence-corrected chi connectivity index (χ3v) is 5.76.